The van der Waals surface area contributed by atoms with Crippen LogP contribution in [0.4, 0.5) is 0 Å². The molecule has 46 heavy (non-hydrogen) atoms. The zero-order valence-electron chi connectivity index (χ0n) is 24.9. The Kier molecular flexibility index (Phi) is 12.1. The predicted octanol–water partition coefficient (Wildman–Crippen LogP) is 2.26. The highest BCUT2D eigenvalue weighted by Gasteiger charge is 2.18. The second-order valence-corrected chi connectivity index (χ2v) is 11.3. The fourth-order valence-electron chi connectivity index (χ4n) is 4.04. The van der Waals surface area contributed by atoms with Crippen molar-refractivity contribution in [3.63, 3.8) is 0 Å². The molecule has 242 valence electrons. The van der Waals surface area contributed by atoms with Crippen LogP contribution in [0.15, 0.2) is 47.2 Å². The van der Waals surface area contributed by atoms with E-state index in [2.05, 4.69) is 31.2 Å². The molecule has 0 fully saturated rings. The van der Waals surface area contributed by atoms with Gasteiger partial charge in [0, 0.05) is 50.0 Å². The minimum absolute atomic E-state index is 0.0642. The zero-order chi connectivity index (χ0) is 33.1. The van der Waals surface area contributed by atoms with E-state index in [-0.39, 0.29) is 45.8 Å². The highest BCUT2D eigenvalue weighted by Crippen LogP contribution is 2.33. The van der Waals surface area contributed by atoms with Crippen molar-refractivity contribution in [1.29, 1.82) is 0 Å². The molecule has 14 nitrogen and oxygen atoms in total. The second kappa shape index (κ2) is 16.4. The number of esters is 2. The first-order chi connectivity index (χ1) is 22.2. The standard InChI is InChI=1S/C30H32N6O8S2/c1-43-29(41)17-3-5-23(37)19(13-17)27-35-21(15-45-27)25(39)33-11-9-31-7-8-32-10-12-34-26(40)22-16-46-28(36-22)20-14-18(30(42)44-2)4-6-24(20)38/h3-6,13-16,31-32,37-38H,7-12H2,1-2H3,(H,33,39)(H,34,40). The van der Waals surface area contributed by atoms with Gasteiger partial charge in [-0.05, 0) is 36.4 Å². The molecule has 2 amide bonds. The number of aromatic nitrogens is 2. The van der Waals surface area contributed by atoms with Gasteiger partial charge in [0.1, 0.15) is 32.9 Å². The van der Waals surface area contributed by atoms with Crippen molar-refractivity contribution in [3.05, 3.63) is 69.7 Å². The van der Waals surface area contributed by atoms with Crippen LogP contribution in [0.1, 0.15) is 41.7 Å². The maximum atomic E-state index is 12.5. The van der Waals surface area contributed by atoms with Crippen LogP contribution in [-0.4, -0.2) is 97.4 Å². The van der Waals surface area contributed by atoms with E-state index in [1.165, 1.54) is 73.3 Å². The number of rotatable bonds is 15. The van der Waals surface area contributed by atoms with Gasteiger partial charge in [0.15, 0.2) is 0 Å². The number of phenolic OH excluding ortho intramolecular Hbond substituents is 2. The van der Waals surface area contributed by atoms with Crippen molar-refractivity contribution in [2.24, 2.45) is 0 Å². The highest BCUT2D eigenvalue weighted by molar-refractivity contribution is 7.13. The first-order valence-corrected chi connectivity index (χ1v) is 15.7. The number of methoxy groups -OCH3 is 2. The molecular formula is C30H32N6O8S2. The largest absolute Gasteiger partial charge is 0.507 e. The van der Waals surface area contributed by atoms with Crippen LogP contribution >= 0.6 is 22.7 Å². The molecule has 0 unspecified atom stereocenters. The summed E-state index contributed by atoms with van der Waals surface area (Å²) in [6, 6.07) is 8.57. The van der Waals surface area contributed by atoms with Crippen LogP contribution in [-0.2, 0) is 9.47 Å². The topological polar surface area (TPSA) is 201 Å². The number of phenols is 2. The van der Waals surface area contributed by atoms with Crippen molar-refractivity contribution in [3.8, 4) is 32.6 Å². The van der Waals surface area contributed by atoms with Gasteiger partial charge in [0.25, 0.3) is 11.8 Å². The molecule has 2 aromatic heterocycles. The molecule has 0 bridgehead atoms. The lowest BCUT2D eigenvalue weighted by Gasteiger charge is -2.08. The Balaban J connectivity index is 1.10. The van der Waals surface area contributed by atoms with Gasteiger partial charge >= 0.3 is 11.9 Å². The van der Waals surface area contributed by atoms with E-state index in [0.29, 0.717) is 60.4 Å². The lowest BCUT2D eigenvalue weighted by atomic mass is 10.1. The van der Waals surface area contributed by atoms with Crippen molar-refractivity contribution in [1.82, 2.24) is 31.2 Å². The number of amides is 2. The third kappa shape index (κ3) is 8.85. The lowest BCUT2D eigenvalue weighted by Crippen LogP contribution is -2.37. The molecule has 0 atom stereocenters. The van der Waals surface area contributed by atoms with Crippen LogP contribution in [0.5, 0.6) is 11.5 Å². The van der Waals surface area contributed by atoms with E-state index < -0.39 is 11.9 Å². The number of nitrogens with zero attached hydrogens (tertiary/aromatic N) is 2. The Morgan fingerprint density at radius 2 is 1.04 bits per heavy atom. The number of benzene rings is 2. The van der Waals surface area contributed by atoms with Crippen molar-refractivity contribution >= 4 is 46.4 Å². The van der Waals surface area contributed by atoms with E-state index in [9.17, 15) is 29.4 Å². The molecule has 4 rings (SSSR count). The molecule has 0 aliphatic carbocycles. The van der Waals surface area contributed by atoms with Gasteiger partial charge in [0.2, 0.25) is 0 Å². The summed E-state index contributed by atoms with van der Waals surface area (Å²) in [5, 5.41) is 36.3. The van der Waals surface area contributed by atoms with Gasteiger partial charge in [0.05, 0.1) is 36.5 Å². The van der Waals surface area contributed by atoms with Gasteiger partial charge in [-0.1, -0.05) is 0 Å². The van der Waals surface area contributed by atoms with Crippen LogP contribution in [0.3, 0.4) is 0 Å². The molecule has 4 aromatic rings. The molecule has 0 aliphatic rings. The summed E-state index contributed by atoms with van der Waals surface area (Å²) in [6.45, 7) is 3.03. The van der Waals surface area contributed by atoms with Gasteiger partial charge in [-0.2, -0.15) is 0 Å². The molecular weight excluding hydrogens is 636 g/mol. The Labute approximate surface area is 271 Å². The van der Waals surface area contributed by atoms with Crippen LogP contribution < -0.4 is 21.3 Å². The van der Waals surface area contributed by atoms with Gasteiger partial charge in [-0.3, -0.25) is 9.59 Å². The minimum Gasteiger partial charge on any atom is -0.507 e. The second-order valence-electron chi connectivity index (χ2n) is 9.53. The number of hydrogen-bond acceptors (Lipinski definition) is 14. The van der Waals surface area contributed by atoms with E-state index in [1.807, 2.05) is 0 Å². The fraction of sp³-hybridized carbons (Fsp3) is 0.267. The van der Waals surface area contributed by atoms with Crippen LogP contribution in [0.2, 0.25) is 0 Å². The lowest BCUT2D eigenvalue weighted by molar-refractivity contribution is 0.0592. The van der Waals surface area contributed by atoms with E-state index >= 15 is 0 Å². The average Bonchev–Trinajstić information content (AvgIpc) is 3.76. The Bertz CT molecular complexity index is 1580. The normalized spacial score (nSPS) is 10.7. The summed E-state index contributed by atoms with van der Waals surface area (Å²) in [5.74, 6) is -1.94. The number of carbonyl (C=O) groups excluding carboxylic acids is 4. The fourth-order valence-corrected chi connectivity index (χ4v) is 5.69. The van der Waals surface area contributed by atoms with Gasteiger partial charge < -0.3 is 41.0 Å². The van der Waals surface area contributed by atoms with Crippen LogP contribution in [0.25, 0.3) is 21.1 Å². The van der Waals surface area contributed by atoms with Crippen molar-refractivity contribution in [2.75, 3.05) is 53.5 Å². The third-order valence-corrected chi connectivity index (χ3v) is 8.17. The maximum Gasteiger partial charge on any atom is 0.337 e. The van der Waals surface area contributed by atoms with Crippen molar-refractivity contribution in [2.45, 2.75) is 0 Å². The number of nitrogens with one attached hydrogen (secondary N) is 4. The maximum absolute atomic E-state index is 12.5. The van der Waals surface area contributed by atoms with E-state index in [1.54, 1.807) is 10.8 Å². The summed E-state index contributed by atoms with van der Waals surface area (Å²) in [4.78, 5) is 57.2. The number of carbonyl (C=O) groups is 4. The molecule has 0 aliphatic heterocycles. The Hall–Kier alpha value is -4.90. The van der Waals surface area contributed by atoms with Gasteiger partial charge in [-0.25, -0.2) is 19.6 Å². The summed E-state index contributed by atoms with van der Waals surface area (Å²) >= 11 is 2.34. The smallest absolute Gasteiger partial charge is 0.337 e. The molecule has 2 aromatic carbocycles. The summed E-state index contributed by atoms with van der Waals surface area (Å²) in [5.41, 5.74) is 1.59. The predicted molar refractivity (Wildman–Crippen MR) is 172 cm³/mol. The molecule has 6 N–H and O–H groups in total. The van der Waals surface area contributed by atoms with E-state index in [0.717, 1.165) is 0 Å². The summed E-state index contributed by atoms with van der Waals surface area (Å²) in [6.07, 6.45) is 0. The van der Waals surface area contributed by atoms with Crippen molar-refractivity contribution < 1.29 is 38.9 Å². The van der Waals surface area contributed by atoms with Gasteiger partial charge in [-0.15, -0.1) is 22.7 Å². The van der Waals surface area contributed by atoms with Crippen LogP contribution in [0, 0.1) is 0 Å². The molecule has 16 heteroatoms. The van der Waals surface area contributed by atoms with E-state index in [4.69, 9.17) is 9.47 Å². The number of hydrogen-bond donors (Lipinski definition) is 6. The molecule has 2 heterocycles. The summed E-state index contributed by atoms with van der Waals surface area (Å²) < 4.78 is 9.42. The first kappa shape index (κ1) is 34.0. The number of aromatic hydroxyl groups is 2. The quantitative estimate of drug-likeness (QED) is 0.0799. The first-order valence-electron chi connectivity index (χ1n) is 13.9. The Morgan fingerprint density at radius 3 is 1.43 bits per heavy atom. The molecule has 0 saturated heterocycles. The number of ether oxygens (including phenoxy) is 2. The molecule has 0 saturated carbocycles. The SMILES string of the molecule is COC(=O)c1ccc(O)c(-c2nc(C(=O)NCCNCCNCCNC(=O)c3csc(-c4cc(C(=O)OC)ccc4O)n3)cs2)c1. The Morgan fingerprint density at radius 1 is 0.652 bits per heavy atom. The summed E-state index contributed by atoms with van der Waals surface area (Å²) in [7, 11) is 2.53. The third-order valence-electron chi connectivity index (χ3n) is 6.42. The highest BCUT2D eigenvalue weighted by atomic mass is 32.1. The average molecular weight is 669 g/mol. The molecule has 0 radical (unpaired) electrons. The molecule has 0 spiro atoms. The monoisotopic (exact) mass is 668 g/mol. The zero-order valence-corrected chi connectivity index (χ0v) is 26.5. The number of thiazole rings is 2. The minimum atomic E-state index is -0.544.